The van der Waals surface area contributed by atoms with Crippen molar-refractivity contribution in [3.05, 3.63) is 35.9 Å². The highest BCUT2D eigenvalue weighted by molar-refractivity contribution is 5.21. The van der Waals surface area contributed by atoms with Crippen molar-refractivity contribution >= 4 is 0 Å². The molecule has 0 radical (unpaired) electrons. The molecule has 0 spiro atoms. The van der Waals surface area contributed by atoms with E-state index < -0.39 is 0 Å². The van der Waals surface area contributed by atoms with Crippen LogP contribution in [0.15, 0.2) is 30.3 Å². The number of hydrogen-bond donors (Lipinski definition) is 1. The van der Waals surface area contributed by atoms with Crippen LogP contribution >= 0.6 is 0 Å². The smallest absolute Gasteiger partial charge is 0.0695 e. The van der Waals surface area contributed by atoms with Gasteiger partial charge in [0.25, 0.3) is 0 Å². The molecule has 2 heteroatoms. The lowest BCUT2D eigenvalue weighted by atomic mass is 9.91. The summed E-state index contributed by atoms with van der Waals surface area (Å²) in [5.74, 6) is 0.667. The van der Waals surface area contributed by atoms with E-state index in [1.54, 1.807) is 0 Å². The molecule has 1 aromatic carbocycles. The maximum Gasteiger partial charge on any atom is 0.0695 e. The Balaban J connectivity index is 1.64. The summed E-state index contributed by atoms with van der Waals surface area (Å²) in [4.78, 5) is 2.53. The van der Waals surface area contributed by atoms with Gasteiger partial charge in [-0.05, 0) is 37.3 Å². The van der Waals surface area contributed by atoms with Crippen molar-refractivity contribution in [1.82, 2.24) is 4.90 Å². The molecule has 1 unspecified atom stereocenters. The molecule has 0 amide bonds. The van der Waals surface area contributed by atoms with E-state index in [1.165, 1.54) is 31.2 Å². The van der Waals surface area contributed by atoms with Gasteiger partial charge in [-0.1, -0.05) is 43.2 Å². The minimum atomic E-state index is -0.0896. The molecule has 0 bridgehead atoms. The molecule has 1 aromatic rings. The fourth-order valence-corrected chi connectivity index (χ4v) is 3.60. The van der Waals surface area contributed by atoms with Crippen molar-refractivity contribution in [3.8, 4) is 0 Å². The van der Waals surface area contributed by atoms with Crippen LogP contribution in [0.3, 0.4) is 0 Å². The summed E-state index contributed by atoms with van der Waals surface area (Å²) in [5.41, 5.74) is 1.46. The van der Waals surface area contributed by atoms with Gasteiger partial charge >= 0.3 is 0 Å². The van der Waals surface area contributed by atoms with Crippen LogP contribution in [0.4, 0.5) is 0 Å². The van der Waals surface area contributed by atoms with Crippen LogP contribution in [0.2, 0.25) is 0 Å². The van der Waals surface area contributed by atoms with Gasteiger partial charge in [-0.3, -0.25) is 4.90 Å². The van der Waals surface area contributed by atoms with E-state index in [0.717, 1.165) is 19.5 Å². The predicted molar refractivity (Wildman–Crippen MR) is 73.6 cm³/mol. The third kappa shape index (κ3) is 2.45. The van der Waals surface area contributed by atoms with Crippen molar-refractivity contribution in [3.63, 3.8) is 0 Å². The molecular weight excluding hydrogens is 222 g/mol. The number of benzene rings is 1. The van der Waals surface area contributed by atoms with Crippen LogP contribution in [-0.2, 0) is 0 Å². The molecular formula is C16H23NO. The molecule has 3 rings (SSSR count). The van der Waals surface area contributed by atoms with Crippen LogP contribution < -0.4 is 0 Å². The molecule has 0 aromatic heterocycles. The lowest BCUT2D eigenvalue weighted by molar-refractivity contribution is 0.0305. The summed E-state index contributed by atoms with van der Waals surface area (Å²) in [6.07, 6.45) is 5.82. The van der Waals surface area contributed by atoms with Gasteiger partial charge < -0.3 is 5.11 Å². The lowest BCUT2D eigenvalue weighted by Crippen LogP contribution is -2.44. The van der Waals surface area contributed by atoms with Crippen molar-refractivity contribution in [2.24, 2.45) is 0 Å². The SMILES string of the molecule is O[C@@H]1CCCC[C@H]1N1CCC(c2ccccc2)C1. The number of likely N-dealkylation sites (tertiary alicyclic amines) is 1. The molecule has 1 aliphatic heterocycles. The second-order valence-electron chi connectivity index (χ2n) is 5.81. The highest BCUT2D eigenvalue weighted by atomic mass is 16.3. The monoisotopic (exact) mass is 245 g/mol. The average molecular weight is 245 g/mol. The number of aliphatic hydroxyl groups excluding tert-OH is 1. The Bertz CT molecular complexity index is 378. The van der Waals surface area contributed by atoms with Crippen molar-refractivity contribution < 1.29 is 5.11 Å². The molecule has 1 saturated heterocycles. The van der Waals surface area contributed by atoms with Crippen LogP contribution in [0.5, 0.6) is 0 Å². The molecule has 2 aliphatic rings. The fraction of sp³-hybridized carbons (Fsp3) is 0.625. The molecule has 2 fully saturated rings. The molecule has 1 N–H and O–H groups in total. The highest BCUT2D eigenvalue weighted by Gasteiger charge is 2.33. The van der Waals surface area contributed by atoms with E-state index in [4.69, 9.17) is 0 Å². The molecule has 18 heavy (non-hydrogen) atoms. The topological polar surface area (TPSA) is 23.5 Å². The van der Waals surface area contributed by atoms with Gasteiger partial charge in [0.2, 0.25) is 0 Å². The van der Waals surface area contributed by atoms with E-state index in [2.05, 4.69) is 35.2 Å². The molecule has 1 saturated carbocycles. The van der Waals surface area contributed by atoms with Crippen LogP contribution in [0, 0.1) is 0 Å². The molecule has 2 nitrogen and oxygen atoms in total. The first-order valence-corrected chi connectivity index (χ1v) is 7.31. The second-order valence-corrected chi connectivity index (χ2v) is 5.81. The minimum absolute atomic E-state index is 0.0896. The third-order valence-electron chi connectivity index (χ3n) is 4.65. The highest BCUT2D eigenvalue weighted by Crippen LogP contribution is 2.32. The zero-order valence-electron chi connectivity index (χ0n) is 11.0. The number of hydrogen-bond acceptors (Lipinski definition) is 2. The van der Waals surface area contributed by atoms with E-state index in [-0.39, 0.29) is 6.10 Å². The molecule has 98 valence electrons. The summed E-state index contributed by atoms with van der Waals surface area (Å²) in [7, 11) is 0. The maximum absolute atomic E-state index is 10.1. The zero-order chi connectivity index (χ0) is 12.4. The number of rotatable bonds is 2. The van der Waals surface area contributed by atoms with E-state index in [0.29, 0.717) is 12.0 Å². The third-order valence-corrected chi connectivity index (χ3v) is 4.65. The van der Waals surface area contributed by atoms with Gasteiger partial charge in [-0.2, -0.15) is 0 Å². The van der Waals surface area contributed by atoms with Gasteiger partial charge in [-0.15, -0.1) is 0 Å². The van der Waals surface area contributed by atoms with Gasteiger partial charge in [0, 0.05) is 12.6 Å². The lowest BCUT2D eigenvalue weighted by Gasteiger charge is -2.35. The van der Waals surface area contributed by atoms with Crippen LogP contribution in [0.1, 0.15) is 43.6 Å². The Kier molecular flexibility index (Phi) is 3.67. The Hall–Kier alpha value is -0.860. The number of nitrogens with zero attached hydrogens (tertiary/aromatic N) is 1. The van der Waals surface area contributed by atoms with E-state index in [1.807, 2.05) is 0 Å². The summed E-state index contributed by atoms with van der Waals surface area (Å²) in [6, 6.07) is 11.3. The van der Waals surface area contributed by atoms with E-state index >= 15 is 0 Å². The van der Waals surface area contributed by atoms with Crippen molar-refractivity contribution in [1.29, 1.82) is 0 Å². The van der Waals surface area contributed by atoms with Crippen LogP contribution in [-0.4, -0.2) is 35.2 Å². The Morgan fingerprint density at radius 3 is 2.56 bits per heavy atom. The molecule has 1 aliphatic carbocycles. The molecule has 3 atom stereocenters. The number of aliphatic hydroxyl groups is 1. The molecule has 1 heterocycles. The van der Waals surface area contributed by atoms with Gasteiger partial charge in [0.05, 0.1) is 6.10 Å². The zero-order valence-corrected chi connectivity index (χ0v) is 11.0. The fourth-order valence-electron chi connectivity index (χ4n) is 3.60. The Morgan fingerprint density at radius 1 is 1.00 bits per heavy atom. The van der Waals surface area contributed by atoms with Gasteiger partial charge in [-0.25, -0.2) is 0 Å². The van der Waals surface area contributed by atoms with Gasteiger partial charge in [0.15, 0.2) is 0 Å². The van der Waals surface area contributed by atoms with Gasteiger partial charge in [0.1, 0.15) is 0 Å². The average Bonchev–Trinajstić information content (AvgIpc) is 2.90. The normalized spacial score (nSPS) is 33.7. The second kappa shape index (κ2) is 5.41. The van der Waals surface area contributed by atoms with Crippen molar-refractivity contribution in [2.45, 2.75) is 50.2 Å². The maximum atomic E-state index is 10.1. The summed E-state index contributed by atoms with van der Waals surface area (Å²) >= 11 is 0. The van der Waals surface area contributed by atoms with Crippen LogP contribution in [0.25, 0.3) is 0 Å². The summed E-state index contributed by atoms with van der Waals surface area (Å²) < 4.78 is 0. The standard InChI is InChI=1S/C16H23NO/c18-16-9-5-4-8-15(16)17-11-10-14(12-17)13-6-2-1-3-7-13/h1-3,6-7,14-16,18H,4-5,8-12H2/t14?,15-,16-/m1/s1. The minimum Gasteiger partial charge on any atom is -0.391 e. The first-order valence-electron chi connectivity index (χ1n) is 7.31. The first-order chi connectivity index (χ1) is 8.84. The predicted octanol–water partition coefficient (Wildman–Crippen LogP) is 2.78. The van der Waals surface area contributed by atoms with E-state index in [9.17, 15) is 5.11 Å². The largest absolute Gasteiger partial charge is 0.391 e. The quantitative estimate of drug-likeness (QED) is 0.866. The Labute approximate surface area is 110 Å². The first kappa shape index (κ1) is 12.2. The summed E-state index contributed by atoms with van der Waals surface area (Å²) in [6.45, 7) is 2.28. The summed E-state index contributed by atoms with van der Waals surface area (Å²) in [5, 5.41) is 10.1. The van der Waals surface area contributed by atoms with Crippen molar-refractivity contribution in [2.75, 3.05) is 13.1 Å². The Morgan fingerprint density at radius 2 is 1.78 bits per heavy atom.